The fraction of sp³-hybridized carbons (Fsp3) is 0.462. The maximum atomic E-state index is 12.0. The Labute approximate surface area is 122 Å². The largest absolute Gasteiger partial charge is 0.435 e. The second-order valence-corrected chi connectivity index (χ2v) is 4.33. The second-order valence-electron chi connectivity index (χ2n) is 4.33. The van der Waals surface area contributed by atoms with Gasteiger partial charge in [-0.15, -0.1) is 12.4 Å². The third-order valence-corrected chi connectivity index (χ3v) is 2.97. The molecule has 0 spiro atoms. The lowest BCUT2D eigenvalue weighted by Gasteiger charge is -2.27. The molecular formula is C13H17ClF2N2O2. The molecule has 2 rings (SSSR count). The number of nitrogens with zero attached hydrogens (tertiary/aromatic N) is 1. The first kappa shape index (κ1) is 16.7. The van der Waals surface area contributed by atoms with Gasteiger partial charge in [0, 0.05) is 26.2 Å². The van der Waals surface area contributed by atoms with Gasteiger partial charge in [-0.1, -0.05) is 12.1 Å². The number of carbonyl (C=O) groups excluding carboxylic acids is 1. The molecule has 0 radical (unpaired) electrons. The first-order chi connectivity index (χ1) is 9.15. The third-order valence-electron chi connectivity index (χ3n) is 2.97. The van der Waals surface area contributed by atoms with Gasteiger partial charge in [0.2, 0.25) is 5.91 Å². The van der Waals surface area contributed by atoms with Crippen LogP contribution < -0.4 is 10.1 Å². The van der Waals surface area contributed by atoms with E-state index in [0.29, 0.717) is 13.1 Å². The Balaban J connectivity index is 0.00000200. The first-order valence-electron chi connectivity index (χ1n) is 6.17. The van der Waals surface area contributed by atoms with E-state index in [1.807, 2.05) is 0 Å². The number of hydrogen-bond donors (Lipinski definition) is 1. The van der Waals surface area contributed by atoms with Crippen LogP contribution in [0.2, 0.25) is 0 Å². The number of alkyl halides is 2. The predicted octanol–water partition coefficient (Wildman–Crippen LogP) is 1.68. The summed E-state index contributed by atoms with van der Waals surface area (Å²) in [6.45, 7) is 0.227. The van der Waals surface area contributed by atoms with Gasteiger partial charge < -0.3 is 15.0 Å². The number of benzene rings is 1. The molecule has 0 bridgehead atoms. The fourth-order valence-electron chi connectivity index (χ4n) is 1.99. The number of amides is 1. The van der Waals surface area contributed by atoms with Crippen molar-refractivity contribution in [3.63, 3.8) is 0 Å². The zero-order valence-electron chi connectivity index (χ0n) is 10.9. The zero-order valence-corrected chi connectivity index (χ0v) is 11.7. The minimum Gasteiger partial charge on any atom is -0.435 e. The van der Waals surface area contributed by atoms with Crippen molar-refractivity contribution < 1.29 is 18.3 Å². The van der Waals surface area contributed by atoms with E-state index in [2.05, 4.69) is 10.1 Å². The maximum absolute atomic E-state index is 12.0. The average molecular weight is 307 g/mol. The van der Waals surface area contributed by atoms with Crippen molar-refractivity contribution in [2.75, 3.05) is 26.2 Å². The second kappa shape index (κ2) is 8.01. The van der Waals surface area contributed by atoms with Crippen molar-refractivity contribution in [3.05, 3.63) is 29.8 Å². The van der Waals surface area contributed by atoms with Crippen LogP contribution in [0.5, 0.6) is 5.75 Å². The van der Waals surface area contributed by atoms with Crippen LogP contribution in [-0.4, -0.2) is 43.6 Å². The van der Waals surface area contributed by atoms with E-state index in [9.17, 15) is 13.6 Å². The Kier molecular flexibility index (Phi) is 6.67. The molecule has 1 aliphatic rings. The molecule has 1 amide bonds. The van der Waals surface area contributed by atoms with Gasteiger partial charge >= 0.3 is 6.61 Å². The van der Waals surface area contributed by atoms with Crippen molar-refractivity contribution in [2.45, 2.75) is 13.0 Å². The number of carbonyl (C=O) groups is 1. The van der Waals surface area contributed by atoms with Gasteiger partial charge in [-0.25, -0.2) is 0 Å². The van der Waals surface area contributed by atoms with Crippen LogP contribution in [-0.2, 0) is 11.2 Å². The van der Waals surface area contributed by atoms with E-state index in [4.69, 9.17) is 0 Å². The molecule has 1 aromatic carbocycles. The number of nitrogens with one attached hydrogen (secondary N) is 1. The number of piperazine rings is 1. The minimum absolute atomic E-state index is 0. The smallest absolute Gasteiger partial charge is 0.387 e. The number of ether oxygens (including phenoxy) is 1. The highest BCUT2D eigenvalue weighted by molar-refractivity contribution is 5.85. The molecule has 4 nitrogen and oxygen atoms in total. The van der Waals surface area contributed by atoms with Crippen LogP contribution in [0, 0.1) is 0 Å². The van der Waals surface area contributed by atoms with E-state index in [0.717, 1.165) is 18.7 Å². The summed E-state index contributed by atoms with van der Waals surface area (Å²) in [6.07, 6.45) is 0.287. The van der Waals surface area contributed by atoms with Crippen molar-refractivity contribution in [2.24, 2.45) is 0 Å². The van der Waals surface area contributed by atoms with Crippen LogP contribution in [0.25, 0.3) is 0 Å². The molecule has 0 aromatic heterocycles. The Morgan fingerprint density at radius 3 is 2.40 bits per heavy atom. The van der Waals surface area contributed by atoms with Crippen LogP contribution >= 0.6 is 12.4 Å². The summed E-state index contributed by atoms with van der Waals surface area (Å²) in [6, 6.07) is 6.18. The quantitative estimate of drug-likeness (QED) is 0.920. The third kappa shape index (κ3) is 4.94. The van der Waals surface area contributed by atoms with Gasteiger partial charge in [0.05, 0.1) is 6.42 Å². The Hall–Kier alpha value is -1.40. The van der Waals surface area contributed by atoms with Gasteiger partial charge in [-0.2, -0.15) is 8.78 Å². The van der Waals surface area contributed by atoms with Crippen LogP contribution in [0.3, 0.4) is 0 Å². The highest BCUT2D eigenvalue weighted by atomic mass is 35.5. The normalized spacial score (nSPS) is 14.8. The highest BCUT2D eigenvalue weighted by Gasteiger charge is 2.16. The first-order valence-corrected chi connectivity index (χ1v) is 6.17. The summed E-state index contributed by atoms with van der Waals surface area (Å²) < 4.78 is 28.2. The molecule has 1 aromatic rings. The van der Waals surface area contributed by atoms with Crippen molar-refractivity contribution in [1.82, 2.24) is 10.2 Å². The molecule has 1 fully saturated rings. The lowest BCUT2D eigenvalue weighted by Crippen LogP contribution is -2.46. The number of rotatable bonds is 4. The summed E-state index contributed by atoms with van der Waals surface area (Å²) in [7, 11) is 0. The minimum atomic E-state index is -2.83. The van der Waals surface area contributed by atoms with Crippen LogP contribution in [0.15, 0.2) is 24.3 Å². The van der Waals surface area contributed by atoms with Crippen LogP contribution in [0.1, 0.15) is 5.56 Å². The lowest BCUT2D eigenvalue weighted by atomic mass is 10.1. The van der Waals surface area contributed by atoms with Gasteiger partial charge in [0.25, 0.3) is 0 Å². The van der Waals surface area contributed by atoms with Gasteiger partial charge in [-0.05, 0) is 17.7 Å². The summed E-state index contributed by atoms with van der Waals surface area (Å²) in [4.78, 5) is 13.8. The van der Waals surface area contributed by atoms with Crippen molar-refractivity contribution >= 4 is 18.3 Å². The topological polar surface area (TPSA) is 41.6 Å². The highest BCUT2D eigenvalue weighted by Crippen LogP contribution is 2.15. The molecule has 112 valence electrons. The molecular weight excluding hydrogens is 290 g/mol. The van der Waals surface area contributed by atoms with Gasteiger partial charge in [0.1, 0.15) is 5.75 Å². The molecule has 1 saturated heterocycles. The molecule has 1 N–H and O–H groups in total. The Bertz CT molecular complexity index is 423. The fourth-order valence-corrected chi connectivity index (χ4v) is 1.99. The predicted molar refractivity (Wildman–Crippen MR) is 73.5 cm³/mol. The molecule has 1 heterocycles. The molecule has 0 saturated carbocycles. The number of hydrogen-bond acceptors (Lipinski definition) is 3. The summed E-state index contributed by atoms with van der Waals surface area (Å²) in [5.41, 5.74) is 0.796. The van der Waals surface area contributed by atoms with E-state index >= 15 is 0 Å². The average Bonchev–Trinajstić information content (AvgIpc) is 2.41. The standard InChI is InChI=1S/C13H16F2N2O2.ClH/c14-13(15)19-11-3-1-10(2-4-11)9-12(18)17-7-5-16-6-8-17;/h1-4,13,16H,5-9H2;1H. The maximum Gasteiger partial charge on any atom is 0.387 e. The Morgan fingerprint density at radius 1 is 1.25 bits per heavy atom. The molecule has 0 aliphatic carbocycles. The molecule has 7 heteroatoms. The lowest BCUT2D eigenvalue weighted by molar-refractivity contribution is -0.131. The monoisotopic (exact) mass is 306 g/mol. The molecule has 1 aliphatic heterocycles. The summed E-state index contributed by atoms with van der Waals surface area (Å²) in [5.74, 6) is 0.164. The Morgan fingerprint density at radius 2 is 1.85 bits per heavy atom. The molecule has 20 heavy (non-hydrogen) atoms. The van der Waals surface area contributed by atoms with Gasteiger partial charge in [-0.3, -0.25) is 4.79 Å². The SMILES string of the molecule is Cl.O=C(Cc1ccc(OC(F)F)cc1)N1CCNCC1. The van der Waals surface area contributed by atoms with E-state index in [1.54, 1.807) is 17.0 Å². The number of halogens is 3. The van der Waals surface area contributed by atoms with Crippen LogP contribution in [0.4, 0.5) is 8.78 Å². The van der Waals surface area contributed by atoms with Crippen molar-refractivity contribution in [1.29, 1.82) is 0 Å². The molecule has 0 atom stereocenters. The summed E-state index contributed by atoms with van der Waals surface area (Å²) >= 11 is 0. The van der Waals surface area contributed by atoms with E-state index in [1.165, 1.54) is 12.1 Å². The molecule has 0 unspecified atom stereocenters. The van der Waals surface area contributed by atoms with Crippen molar-refractivity contribution in [3.8, 4) is 5.75 Å². The van der Waals surface area contributed by atoms with E-state index in [-0.39, 0.29) is 30.5 Å². The zero-order chi connectivity index (χ0) is 13.7. The van der Waals surface area contributed by atoms with Gasteiger partial charge in [0.15, 0.2) is 0 Å². The van der Waals surface area contributed by atoms with E-state index < -0.39 is 6.61 Å². The summed E-state index contributed by atoms with van der Waals surface area (Å²) in [5, 5.41) is 3.18.